The van der Waals surface area contributed by atoms with Crippen LogP contribution in [0.5, 0.6) is 0 Å². The van der Waals surface area contributed by atoms with Crippen molar-refractivity contribution in [3.05, 3.63) is 35.9 Å². The molecule has 0 aliphatic carbocycles. The van der Waals surface area contributed by atoms with Crippen molar-refractivity contribution >= 4 is 17.3 Å². The number of nitrogens with zero attached hydrogens (tertiary/aromatic N) is 2. The zero-order valence-electron chi connectivity index (χ0n) is 9.10. The summed E-state index contributed by atoms with van der Waals surface area (Å²) < 4.78 is 2.21. The molecule has 1 saturated heterocycles. The summed E-state index contributed by atoms with van der Waals surface area (Å²) in [7, 11) is 0. The molecule has 0 aromatic carbocycles. The summed E-state index contributed by atoms with van der Waals surface area (Å²) in [4.78, 5) is 4.56. The van der Waals surface area contributed by atoms with E-state index in [0.29, 0.717) is 12.5 Å². The highest BCUT2D eigenvalue weighted by Crippen LogP contribution is 2.31. The lowest BCUT2D eigenvalue weighted by Crippen LogP contribution is -2.05. The molecule has 1 atom stereocenters. The summed E-state index contributed by atoms with van der Waals surface area (Å²) in [6.07, 6.45) is 5.33. The number of pyridine rings is 1. The molecule has 1 unspecified atom stereocenters. The van der Waals surface area contributed by atoms with E-state index in [1.54, 1.807) is 0 Å². The van der Waals surface area contributed by atoms with Gasteiger partial charge in [-0.2, -0.15) is 11.8 Å². The van der Waals surface area contributed by atoms with Crippen LogP contribution in [0.15, 0.2) is 24.5 Å². The fourth-order valence-electron chi connectivity index (χ4n) is 2.22. The second-order valence-corrected chi connectivity index (χ2v) is 5.36. The van der Waals surface area contributed by atoms with Crippen LogP contribution in [0.25, 0.3) is 5.52 Å². The van der Waals surface area contributed by atoms with Crippen molar-refractivity contribution in [3.63, 3.8) is 0 Å². The third-order valence-corrected chi connectivity index (χ3v) is 4.31. The highest BCUT2D eigenvalue weighted by molar-refractivity contribution is 7.99. The standard InChI is InChI=1S/C12H15N3S/c13-5-9-1-2-11-6-14-12(15(11)7-9)10-3-4-16-8-10/h1-2,6-7,10H,3-5,8,13H2. The van der Waals surface area contributed by atoms with Crippen molar-refractivity contribution in [2.24, 2.45) is 5.73 Å². The molecule has 0 spiro atoms. The molecule has 0 bridgehead atoms. The number of hydrogen-bond acceptors (Lipinski definition) is 3. The minimum Gasteiger partial charge on any atom is -0.326 e. The van der Waals surface area contributed by atoms with Crippen LogP contribution in [0.4, 0.5) is 0 Å². The second kappa shape index (κ2) is 4.11. The lowest BCUT2D eigenvalue weighted by molar-refractivity contribution is 0.712. The number of aromatic nitrogens is 2. The maximum atomic E-state index is 5.68. The van der Waals surface area contributed by atoms with Gasteiger partial charge in [0.25, 0.3) is 0 Å². The Labute approximate surface area is 99.1 Å². The van der Waals surface area contributed by atoms with Gasteiger partial charge in [-0.3, -0.25) is 0 Å². The quantitative estimate of drug-likeness (QED) is 0.863. The molecule has 2 aromatic rings. The molecule has 0 saturated carbocycles. The van der Waals surface area contributed by atoms with Gasteiger partial charge in [0.05, 0.1) is 11.7 Å². The minimum absolute atomic E-state index is 0.590. The number of nitrogens with two attached hydrogens (primary N) is 1. The van der Waals surface area contributed by atoms with Crippen molar-refractivity contribution in [3.8, 4) is 0 Å². The van der Waals surface area contributed by atoms with Crippen LogP contribution in [0.2, 0.25) is 0 Å². The van der Waals surface area contributed by atoms with E-state index in [1.165, 1.54) is 29.3 Å². The van der Waals surface area contributed by atoms with E-state index >= 15 is 0 Å². The first-order chi connectivity index (χ1) is 7.88. The Morgan fingerprint density at radius 1 is 1.50 bits per heavy atom. The predicted octanol–water partition coefficient (Wildman–Crippen LogP) is 2.01. The highest BCUT2D eigenvalue weighted by Gasteiger charge is 2.21. The molecule has 1 fully saturated rings. The van der Waals surface area contributed by atoms with Gasteiger partial charge in [-0.25, -0.2) is 4.98 Å². The average Bonchev–Trinajstić information content (AvgIpc) is 2.96. The fraction of sp³-hybridized carbons (Fsp3) is 0.417. The van der Waals surface area contributed by atoms with Gasteiger partial charge in [0, 0.05) is 24.4 Å². The summed E-state index contributed by atoms with van der Waals surface area (Å²) in [5.74, 6) is 4.28. The third-order valence-electron chi connectivity index (χ3n) is 3.15. The number of imidazole rings is 1. The maximum absolute atomic E-state index is 5.68. The van der Waals surface area contributed by atoms with E-state index < -0.39 is 0 Å². The molecular weight excluding hydrogens is 218 g/mol. The first kappa shape index (κ1) is 10.2. The number of thioether (sulfide) groups is 1. The van der Waals surface area contributed by atoms with Crippen molar-refractivity contribution in [1.82, 2.24) is 9.38 Å². The molecule has 3 nitrogen and oxygen atoms in total. The van der Waals surface area contributed by atoms with Gasteiger partial charge in [-0.15, -0.1) is 0 Å². The molecule has 3 heterocycles. The Morgan fingerprint density at radius 2 is 2.44 bits per heavy atom. The van der Waals surface area contributed by atoms with Gasteiger partial charge in [-0.1, -0.05) is 6.07 Å². The first-order valence-corrected chi connectivity index (χ1v) is 6.77. The maximum Gasteiger partial charge on any atom is 0.117 e. The van der Waals surface area contributed by atoms with Gasteiger partial charge in [-0.05, 0) is 23.8 Å². The van der Waals surface area contributed by atoms with Crippen LogP contribution in [0, 0.1) is 0 Å². The molecule has 16 heavy (non-hydrogen) atoms. The Hall–Kier alpha value is -1.00. The topological polar surface area (TPSA) is 43.3 Å². The molecule has 84 valence electrons. The summed E-state index contributed by atoms with van der Waals surface area (Å²) in [5, 5.41) is 0. The lowest BCUT2D eigenvalue weighted by atomic mass is 10.1. The molecule has 4 heteroatoms. The summed E-state index contributed by atoms with van der Waals surface area (Å²) in [6.45, 7) is 0.590. The monoisotopic (exact) mass is 233 g/mol. The van der Waals surface area contributed by atoms with Crippen molar-refractivity contribution < 1.29 is 0 Å². The largest absolute Gasteiger partial charge is 0.326 e. The van der Waals surface area contributed by atoms with Crippen LogP contribution < -0.4 is 5.73 Å². The normalized spacial score (nSPS) is 20.7. The zero-order chi connectivity index (χ0) is 11.0. The number of fused-ring (bicyclic) bond motifs is 1. The lowest BCUT2D eigenvalue weighted by Gasteiger charge is -2.08. The Kier molecular flexibility index (Phi) is 2.61. The SMILES string of the molecule is NCc1ccc2cnc(C3CCSC3)n2c1. The van der Waals surface area contributed by atoms with E-state index in [9.17, 15) is 0 Å². The molecular formula is C12H15N3S. The van der Waals surface area contributed by atoms with Crippen molar-refractivity contribution in [1.29, 1.82) is 0 Å². The first-order valence-electron chi connectivity index (χ1n) is 5.62. The molecule has 0 amide bonds. The second-order valence-electron chi connectivity index (χ2n) is 4.21. The van der Waals surface area contributed by atoms with Crippen molar-refractivity contribution in [2.75, 3.05) is 11.5 Å². The Morgan fingerprint density at radius 3 is 3.19 bits per heavy atom. The smallest absolute Gasteiger partial charge is 0.117 e. The Bertz CT molecular complexity index is 500. The van der Waals surface area contributed by atoms with E-state index in [4.69, 9.17) is 5.73 Å². The summed E-state index contributed by atoms with van der Waals surface area (Å²) in [5.41, 5.74) is 8.01. The van der Waals surface area contributed by atoms with Gasteiger partial charge < -0.3 is 10.1 Å². The number of rotatable bonds is 2. The summed E-state index contributed by atoms with van der Waals surface area (Å²) >= 11 is 2.02. The summed E-state index contributed by atoms with van der Waals surface area (Å²) in [6, 6.07) is 4.17. The van der Waals surface area contributed by atoms with E-state index in [2.05, 4.69) is 27.7 Å². The fourth-order valence-corrected chi connectivity index (χ4v) is 3.43. The zero-order valence-corrected chi connectivity index (χ0v) is 9.91. The molecule has 3 rings (SSSR count). The van der Waals surface area contributed by atoms with Gasteiger partial charge in [0.1, 0.15) is 5.82 Å². The van der Waals surface area contributed by atoms with Crippen molar-refractivity contribution in [2.45, 2.75) is 18.9 Å². The Balaban J connectivity index is 2.09. The number of hydrogen-bond donors (Lipinski definition) is 1. The van der Waals surface area contributed by atoms with E-state index in [-0.39, 0.29) is 0 Å². The third kappa shape index (κ3) is 1.62. The highest BCUT2D eigenvalue weighted by atomic mass is 32.2. The van der Waals surface area contributed by atoms with Gasteiger partial charge in [0.15, 0.2) is 0 Å². The molecule has 1 aliphatic rings. The molecule has 0 radical (unpaired) electrons. The van der Waals surface area contributed by atoms with Crippen LogP contribution in [0.1, 0.15) is 23.7 Å². The van der Waals surface area contributed by atoms with Gasteiger partial charge >= 0.3 is 0 Å². The average molecular weight is 233 g/mol. The van der Waals surface area contributed by atoms with E-state index in [1.807, 2.05) is 18.0 Å². The molecule has 2 aromatic heterocycles. The van der Waals surface area contributed by atoms with Gasteiger partial charge in [0.2, 0.25) is 0 Å². The molecule has 2 N–H and O–H groups in total. The van der Waals surface area contributed by atoms with Crippen LogP contribution in [-0.2, 0) is 6.54 Å². The van der Waals surface area contributed by atoms with E-state index in [0.717, 1.165) is 5.56 Å². The van der Waals surface area contributed by atoms with Crippen LogP contribution >= 0.6 is 11.8 Å². The predicted molar refractivity (Wildman–Crippen MR) is 67.8 cm³/mol. The minimum atomic E-state index is 0.590. The van der Waals surface area contributed by atoms with Crippen LogP contribution in [-0.4, -0.2) is 20.9 Å². The van der Waals surface area contributed by atoms with Crippen LogP contribution in [0.3, 0.4) is 0 Å². The molecule has 1 aliphatic heterocycles.